The molecule has 3 rings (SSSR count). The molecular formula is C14H12N8O4S. The number of aromatic nitrogens is 5. The number of aromatic amines is 1. The van der Waals surface area contributed by atoms with Crippen molar-refractivity contribution in [1.82, 2.24) is 30.8 Å². The van der Waals surface area contributed by atoms with E-state index < -0.39 is 11.8 Å². The van der Waals surface area contributed by atoms with Crippen LogP contribution >= 0.6 is 11.3 Å². The van der Waals surface area contributed by atoms with Gasteiger partial charge in [0.05, 0.1) is 12.6 Å². The first-order valence-electron chi connectivity index (χ1n) is 7.34. The molecule has 2 heterocycles. The van der Waals surface area contributed by atoms with Crippen LogP contribution < -0.4 is 10.7 Å². The Kier molecular flexibility index (Phi) is 5.32. The molecule has 0 saturated carbocycles. The summed E-state index contributed by atoms with van der Waals surface area (Å²) in [6.45, 7) is 0. The van der Waals surface area contributed by atoms with Crippen LogP contribution in [0.2, 0.25) is 0 Å². The van der Waals surface area contributed by atoms with Gasteiger partial charge in [-0.1, -0.05) is 11.3 Å². The van der Waals surface area contributed by atoms with E-state index in [0.717, 1.165) is 11.3 Å². The number of phenolic OH excluding ortho intramolecular Hbond substituents is 2. The molecule has 13 heteroatoms. The summed E-state index contributed by atoms with van der Waals surface area (Å²) in [6, 6.07) is 4.10. The first-order valence-corrected chi connectivity index (χ1v) is 8.16. The Morgan fingerprint density at radius 2 is 2.11 bits per heavy atom. The van der Waals surface area contributed by atoms with Crippen LogP contribution in [0.3, 0.4) is 0 Å². The molecule has 138 valence electrons. The van der Waals surface area contributed by atoms with Crippen molar-refractivity contribution in [2.45, 2.75) is 6.42 Å². The number of amides is 2. The number of nitrogens with zero attached hydrogens (tertiary/aromatic N) is 5. The fourth-order valence-electron chi connectivity index (χ4n) is 1.82. The summed E-state index contributed by atoms with van der Waals surface area (Å²) < 4.78 is 0. The molecule has 12 nitrogen and oxygen atoms in total. The van der Waals surface area contributed by atoms with E-state index in [4.69, 9.17) is 0 Å². The number of carbonyl (C=O) groups excluding carboxylic acids is 2. The van der Waals surface area contributed by atoms with Crippen molar-refractivity contribution in [3.05, 3.63) is 40.9 Å². The monoisotopic (exact) mass is 388 g/mol. The molecule has 0 bridgehead atoms. The van der Waals surface area contributed by atoms with Crippen molar-refractivity contribution >= 4 is 34.5 Å². The summed E-state index contributed by atoms with van der Waals surface area (Å²) in [4.78, 5) is 27.4. The van der Waals surface area contributed by atoms with Gasteiger partial charge in [-0.05, 0) is 23.8 Å². The third kappa shape index (κ3) is 4.82. The predicted octanol–water partition coefficient (Wildman–Crippen LogP) is 0.0125. The number of rotatable bonds is 6. The lowest BCUT2D eigenvalue weighted by atomic mass is 10.2. The minimum Gasteiger partial charge on any atom is -0.504 e. The van der Waals surface area contributed by atoms with Crippen LogP contribution in [-0.2, 0) is 11.2 Å². The minimum absolute atomic E-state index is 0.0269. The molecule has 0 atom stereocenters. The minimum atomic E-state index is -0.526. The van der Waals surface area contributed by atoms with Gasteiger partial charge < -0.3 is 10.2 Å². The molecule has 0 aliphatic rings. The van der Waals surface area contributed by atoms with Crippen LogP contribution in [-0.4, -0.2) is 53.6 Å². The molecule has 0 radical (unpaired) electrons. The van der Waals surface area contributed by atoms with Gasteiger partial charge in [-0.3, -0.25) is 20.0 Å². The number of hydrogen-bond acceptors (Lipinski definition) is 10. The lowest BCUT2D eigenvalue weighted by Crippen LogP contribution is -2.19. The van der Waals surface area contributed by atoms with Gasteiger partial charge in [0, 0.05) is 0 Å². The first-order chi connectivity index (χ1) is 13.0. The second-order valence-corrected chi connectivity index (χ2v) is 6.07. The van der Waals surface area contributed by atoms with E-state index in [9.17, 15) is 19.8 Å². The number of aromatic hydroxyl groups is 2. The third-order valence-corrected chi connectivity index (χ3v) is 3.87. The van der Waals surface area contributed by atoms with E-state index in [1.807, 2.05) is 0 Å². The Labute approximate surface area is 155 Å². The summed E-state index contributed by atoms with van der Waals surface area (Å²) >= 11 is 1.03. The second kappa shape index (κ2) is 8.01. The summed E-state index contributed by atoms with van der Waals surface area (Å²) in [7, 11) is 0. The van der Waals surface area contributed by atoms with Gasteiger partial charge in [-0.25, -0.2) is 10.4 Å². The molecule has 5 N–H and O–H groups in total. The van der Waals surface area contributed by atoms with E-state index in [1.54, 1.807) is 0 Å². The van der Waals surface area contributed by atoms with Crippen molar-refractivity contribution in [2.24, 2.45) is 5.10 Å². The van der Waals surface area contributed by atoms with Crippen molar-refractivity contribution in [2.75, 3.05) is 5.32 Å². The Balaban J connectivity index is 1.51. The Bertz CT molecular complexity index is 985. The topological polar surface area (TPSA) is 178 Å². The number of hydrazone groups is 1. The largest absolute Gasteiger partial charge is 0.504 e. The quantitative estimate of drug-likeness (QED) is 0.223. The number of nitrogens with one attached hydrogen (secondary N) is 3. The fourth-order valence-corrected chi connectivity index (χ4v) is 2.56. The maximum Gasteiger partial charge on any atom is 0.294 e. The molecule has 3 aromatic rings. The van der Waals surface area contributed by atoms with E-state index in [2.05, 4.69) is 41.2 Å². The van der Waals surface area contributed by atoms with Crippen molar-refractivity contribution < 1.29 is 19.8 Å². The first kappa shape index (κ1) is 17.9. The van der Waals surface area contributed by atoms with Crippen LogP contribution in [0.5, 0.6) is 11.5 Å². The van der Waals surface area contributed by atoms with Crippen LogP contribution in [0.1, 0.15) is 21.2 Å². The highest BCUT2D eigenvalue weighted by molar-refractivity contribution is 7.15. The Morgan fingerprint density at radius 1 is 1.26 bits per heavy atom. The summed E-state index contributed by atoms with van der Waals surface area (Å²) in [5.74, 6) is -1.49. The summed E-state index contributed by atoms with van der Waals surface area (Å²) in [5, 5.41) is 39.0. The zero-order valence-corrected chi connectivity index (χ0v) is 14.3. The summed E-state index contributed by atoms with van der Waals surface area (Å²) in [5.41, 5.74) is 2.79. The highest BCUT2D eigenvalue weighted by Gasteiger charge is 2.14. The Morgan fingerprint density at radius 3 is 2.85 bits per heavy atom. The molecule has 0 unspecified atom stereocenters. The molecule has 0 aliphatic carbocycles. The predicted molar refractivity (Wildman–Crippen MR) is 93.5 cm³/mol. The number of H-pyrrole nitrogens is 1. The number of benzene rings is 1. The standard InChI is InChI=1S/C14H12N8O4S/c23-8-2-1-7(3-9(8)24)5-16-19-10(25)4-11-20-22-14(27-11)18-13(26)12-15-6-17-21-12/h1-3,5-6,23-24H,4H2,(H,19,25)(H,15,17,21)(H,18,22,26)/b16-5-. The molecule has 0 saturated heterocycles. The third-order valence-electron chi connectivity index (χ3n) is 3.03. The number of phenols is 2. The van der Waals surface area contributed by atoms with Crippen molar-refractivity contribution in [1.29, 1.82) is 0 Å². The Hall–Kier alpha value is -3.87. The highest BCUT2D eigenvalue weighted by Crippen LogP contribution is 2.24. The van der Waals surface area contributed by atoms with Gasteiger partial charge in [-0.2, -0.15) is 10.2 Å². The number of hydrogen-bond donors (Lipinski definition) is 5. The summed E-state index contributed by atoms with van der Waals surface area (Å²) in [6.07, 6.45) is 2.42. The van der Waals surface area contributed by atoms with Gasteiger partial charge in [-0.15, -0.1) is 10.2 Å². The van der Waals surface area contributed by atoms with Gasteiger partial charge in [0.25, 0.3) is 5.91 Å². The molecular weight excluding hydrogens is 376 g/mol. The van der Waals surface area contributed by atoms with Crippen LogP contribution in [0, 0.1) is 0 Å². The molecule has 0 aliphatic heterocycles. The normalized spacial score (nSPS) is 10.8. The zero-order chi connectivity index (χ0) is 19.2. The SMILES string of the molecule is O=C(Cc1nnc(NC(=O)c2ncn[nH]2)s1)N/N=C\c1ccc(O)c(O)c1. The molecule has 0 fully saturated rings. The molecule has 2 aromatic heterocycles. The van der Waals surface area contributed by atoms with Gasteiger partial charge >= 0.3 is 0 Å². The maximum atomic E-state index is 11.9. The molecule has 2 amide bonds. The number of anilines is 1. The maximum absolute atomic E-state index is 11.9. The van der Waals surface area contributed by atoms with Crippen molar-refractivity contribution in [3.63, 3.8) is 0 Å². The lowest BCUT2D eigenvalue weighted by Gasteiger charge is -1.99. The number of carbonyl (C=O) groups is 2. The van der Waals surface area contributed by atoms with Gasteiger partial charge in [0.1, 0.15) is 11.3 Å². The fraction of sp³-hybridized carbons (Fsp3) is 0.0714. The smallest absolute Gasteiger partial charge is 0.294 e. The molecule has 1 aromatic carbocycles. The van der Waals surface area contributed by atoms with E-state index in [-0.39, 0.29) is 28.9 Å². The van der Waals surface area contributed by atoms with Crippen LogP contribution in [0.4, 0.5) is 5.13 Å². The van der Waals surface area contributed by atoms with E-state index in [1.165, 1.54) is 30.7 Å². The highest BCUT2D eigenvalue weighted by atomic mass is 32.1. The van der Waals surface area contributed by atoms with Crippen molar-refractivity contribution in [3.8, 4) is 11.5 Å². The average molecular weight is 388 g/mol. The molecule has 27 heavy (non-hydrogen) atoms. The van der Waals surface area contributed by atoms with E-state index >= 15 is 0 Å². The van der Waals surface area contributed by atoms with Gasteiger partial charge in [0.15, 0.2) is 11.5 Å². The van der Waals surface area contributed by atoms with Crippen LogP contribution in [0.15, 0.2) is 29.6 Å². The van der Waals surface area contributed by atoms with E-state index in [0.29, 0.717) is 10.6 Å². The second-order valence-electron chi connectivity index (χ2n) is 5.01. The molecule has 0 spiro atoms. The van der Waals surface area contributed by atoms with Gasteiger partial charge in [0.2, 0.25) is 16.9 Å². The zero-order valence-electron chi connectivity index (χ0n) is 13.4. The average Bonchev–Trinajstić information content (AvgIpc) is 3.30. The van der Waals surface area contributed by atoms with Crippen LogP contribution in [0.25, 0.3) is 0 Å². The lowest BCUT2D eigenvalue weighted by molar-refractivity contribution is -0.120.